The molecule has 0 aliphatic heterocycles. The number of hydrogen-bond acceptors (Lipinski definition) is 2. The third-order valence-electron chi connectivity index (χ3n) is 4.04. The highest BCUT2D eigenvalue weighted by Gasteiger charge is 2.04. The summed E-state index contributed by atoms with van der Waals surface area (Å²) in [5.41, 5.74) is 5.43. The lowest BCUT2D eigenvalue weighted by molar-refractivity contribution is 0.306. The van der Waals surface area contributed by atoms with Gasteiger partial charge in [-0.05, 0) is 48.9 Å². The van der Waals surface area contributed by atoms with Gasteiger partial charge in [-0.1, -0.05) is 35.9 Å². The fraction of sp³-hybridized carbons (Fsp3) is 0.0952. The summed E-state index contributed by atoms with van der Waals surface area (Å²) >= 11 is 0. The maximum atomic E-state index is 5.86. The van der Waals surface area contributed by atoms with Gasteiger partial charge in [0.25, 0.3) is 0 Å². The lowest BCUT2D eigenvalue weighted by Gasteiger charge is -2.07. The average molecular weight is 314 g/mol. The number of aryl methyl sites for hydroxylation is 1. The van der Waals surface area contributed by atoms with Crippen LogP contribution in [0.25, 0.3) is 16.9 Å². The first-order valence-electron chi connectivity index (χ1n) is 8.00. The van der Waals surface area contributed by atoms with Crippen molar-refractivity contribution < 1.29 is 4.74 Å². The molecule has 24 heavy (non-hydrogen) atoms. The largest absolute Gasteiger partial charge is 0.489 e. The summed E-state index contributed by atoms with van der Waals surface area (Å²) in [5, 5.41) is 0. The Morgan fingerprint density at radius 1 is 0.917 bits per heavy atom. The summed E-state index contributed by atoms with van der Waals surface area (Å²) in [6.45, 7) is 2.66. The lowest BCUT2D eigenvalue weighted by atomic mass is 10.1. The zero-order chi connectivity index (χ0) is 16.4. The number of benzene rings is 2. The molecule has 2 aromatic heterocycles. The summed E-state index contributed by atoms with van der Waals surface area (Å²) in [6.07, 6.45) is 4.04. The Kier molecular flexibility index (Phi) is 3.75. The fourth-order valence-corrected chi connectivity index (χ4v) is 2.65. The maximum absolute atomic E-state index is 5.86. The summed E-state index contributed by atoms with van der Waals surface area (Å²) in [4.78, 5) is 4.64. The predicted octanol–water partition coefficient (Wildman–Crippen LogP) is 4.89. The SMILES string of the molecule is Cc1ccc(COc2ccc(-c3cn4ccccc4n3)cc2)cc1. The second kappa shape index (κ2) is 6.20. The molecule has 2 heterocycles. The van der Waals surface area contributed by atoms with E-state index in [1.54, 1.807) is 0 Å². The fourth-order valence-electron chi connectivity index (χ4n) is 2.65. The van der Waals surface area contributed by atoms with Crippen molar-refractivity contribution >= 4 is 5.65 Å². The summed E-state index contributed by atoms with van der Waals surface area (Å²) < 4.78 is 7.88. The number of pyridine rings is 1. The summed E-state index contributed by atoms with van der Waals surface area (Å²) in [6, 6.07) is 22.5. The van der Waals surface area contributed by atoms with Gasteiger partial charge in [-0.15, -0.1) is 0 Å². The second-order valence-electron chi connectivity index (χ2n) is 5.89. The van der Waals surface area contributed by atoms with Crippen molar-refractivity contribution in [1.82, 2.24) is 9.38 Å². The van der Waals surface area contributed by atoms with Crippen molar-refractivity contribution in [1.29, 1.82) is 0 Å². The number of hydrogen-bond donors (Lipinski definition) is 0. The highest BCUT2D eigenvalue weighted by molar-refractivity contribution is 5.63. The highest BCUT2D eigenvalue weighted by Crippen LogP contribution is 2.22. The molecule has 4 aromatic rings. The Bertz CT molecular complexity index is 920. The minimum Gasteiger partial charge on any atom is -0.489 e. The molecule has 0 saturated carbocycles. The molecule has 0 N–H and O–H groups in total. The van der Waals surface area contributed by atoms with Crippen LogP contribution in [-0.2, 0) is 6.61 Å². The van der Waals surface area contributed by atoms with E-state index < -0.39 is 0 Å². The first-order chi connectivity index (χ1) is 11.8. The number of ether oxygens (including phenoxy) is 1. The van der Waals surface area contributed by atoms with Gasteiger partial charge in [0.05, 0.1) is 5.69 Å². The van der Waals surface area contributed by atoms with Crippen molar-refractivity contribution in [2.45, 2.75) is 13.5 Å². The second-order valence-corrected chi connectivity index (χ2v) is 5.89. The van der Waals surface area contributed by atoms with Crippen molar-refractivity contribution in [3.05, 3.63) is 90.3 Å². The lowest BCUT2D eigenvalue weighted by Crippen LogP contribution is -1.95. The molecule has 2 aromatic carbocycles. The molecule has 118 valence electrons. The van der Waals surface area contributed by atoms with Gasteiger partial charge in [-0.25, -0.2) is 4.98 Å². The quantitative estimate of drug-likeness (QED) is 0.536. The predicted molar refractivity (Wildman–Crippen MR) is 96.1 cm³/mol. The molecule has 0 amide bonds. The van der Waals surface area contributed by atoms with Crippen LogP contribution in [0.3, 0.4) is 0 Å². The smallest absolute Gasteiger partial charge is 0.137 e. The van der Waals surface area contributed by atoms with Crippen LogP contribution in [-0.4, -0.2) is 9.38 Å². The highest BCUT2D eigenvalue weighted by atomic mass is 16.5. The summed E-state index contributed by atoms with van der Waals surface area (Å²) in [5.74, 6) is 0.864. The molecule has 0 fully saturated rings. The molecule has 0 aliphatic rings. The molecule has 0 radical (unpaired) electrons. The van der Waals surface area contributed by atoms with Crippen molar-refractivity contribution in [2.75, 3.05) is 0 Å². The molecular weight excluding hydrogens is 296 g/mol. The van der Waals surface area contributed by atoms with Crippen LogP contribution in [0.1, 0.15) is 11.1 Å². The number of nitrogens with zero attached hydrogens (tertiary/aromatic N) is 2. The normalized spacial score (nSPS) is 10.9. The van der Waals surface area contributed by atoms with Gasteiger partial charge in [0, 0.05) is 18.0 Å². The molecule has 0 bridgehead atoms. The monoisotopic (exact) mass is 314 g/mol. The minimum atomic E-state index is 0.577. The van der Waals surface area contributed by atoms with Gasteiger partial charge in [-0.2, -0.15) is 0 Å². The first-order valence-corrected chi connectivity index (χ1v) is 8.00. The van der Waals surface area contributed by atoms with E-state index >= 15 is 0 Å². The van der Waals surface area contributed by atoms with Crippen molar-refractivity contribution in [3.63, 3.8) is 0 Å². The van der Waals surface area contributed by atoms with E-state index in [2.05, 4.69) is 36.2 Å². The third kappa shape index (κ3) is 3.01. The van der Waals surface area contributed by atoms with Crippen molar-refractivity contribution in [3.8, 4) is 17.0 Å². The van der Waals surface area contributed by atoms with Crippen LogP contribution in [0, 0.1) is 6.92 Å². The molecule has 0 atom stereocenters. The molecule has 0 aliphatic carbocycles. The van der Waals surface area contributed by atoms with Crippen molar-refractivity contribution in [2.24, 2.45) is 0 Å². The number of fused-ring (bicyclic) bond motifs is 1. The Morgan fingerprint density at radius 2 is 1.71 bits per heavy atom. The molecule has 0 unspecified atom stereocenters. The maximum Gasteiger partial charge on any atom is 0.137 e. The van der Waals surface area contributed by atoms with Crippen LogP contribution >= 0.6 is 0 Å². The number of aromatic nitrogens is 2. The van der Waals surface area contributed by atoms with E-state index in [9.17, 15) is 0 Å². The van der Waals surface area contributed by atoms with E-state index in [4.69, 9.17) is 4.74 Å². The van der Waals surface area contributed by atoms with Crippen LogP contribution in [0.4, 0.5) is 0 Å². The van der Waals surface area contributed by atoms with Crippen LogP contribution in [0.2, 0.25) is 0 Å². The van der Waals surface area contributed by atoms with Crippen LogP contribution in [0.5, 0.6) is 5.75 Å². The zero-order valence-corrected chi connectivity index (χ0v) is 13.5. The Labute approximate surface area is 141 Å². The van der Waals surface area contributed by atoms with Crippen LogP contribution in [0.15, 0.2) is 79.1 Å². The van der Waals surface area contributed by atoms with E-state index in [1.165, 1.54) is 11.1 Å². The van der Waals surface area contributed by atoms with Gasteiger partial charge in [-0.3, -0.25) is 0 Å². The van der Waals surface area contributed by atoms with E-state index in [1.807, 2.05) is 59.3 Å². The van der Waals surface area contributed by atoms with Gasteiger partial charge in [0.1, 0.15) is 18.0 Å². The molecule has 3 nitrogen and oxygen atoms in total. The van der Waals surface area contributed by atoms with Gasteiger partial charge in [0.2, 0.25) is 0 Å². The molecule has 3 heteroatoms. The topological polar surface area (TPSA) is 26.5 Å². The van der Waals surface area contributed by atoms with E-state index in [0.717, 1.165) is 22.7 Å². The number of rotatable bonds is 4. The molecular formula is C21H18N2O. The standard InChI is InChI=1S/C21H18N2O/c1-16-5-7-17(8-6-16)15-24-19-11-9-18(10-12-19)20-14-23-13-3-2-4-21(23)22-20/h2-14H,15H2,1H3. The first kappa shape index (κ1) is 14.5. The Balaban J connectivity index is 1.48. The van der Waals surface area contributed by atoms with Crippen LogP contribution < -0.4 is 4.74 Å². The third-order valence-corrected chi connectivity index (χ3v) is 4.04. The van der Waals surface area contributed by atoms with Gasteiger partial charge >= 0.3 is 0 Å². The Morgan fingerprint density at radius 3 is 2.46 bits per heavy atom. The van der Waals surface area contributed by atoms with E-state index in [-0.39, 0.29) is 0 Å². The van der Waals surface area contributed by atoms with Gasteiger partial charge < -0.3 is 9.14 Å². The number of imidazole rings is 1. The average Bonchev–Trinajstić information content (AvgIpc) is 3.06. The molecule has 0 saturated heterocycles. The summed E-state index contributed by atoms with van der Waals surface area (Å²) in [7, 11) is 0. The molecule has 0 spiro atoms. The zero-order valence-electron chi connectivity index (χ0n) is 13.5. The van der Waals surface area contributed by atoms with E-state index in [0.29, 0.717) is 6.61 Å². The minimum absolute atomic E-state index is 0.577. The van der Waals surface area contributed by atoms with Gasteiger partial charge in [0.15, 0.2) is 0 Å². The molecule has 4 rings (SSSR count). The Hall–Kier alpha value is -3.07.